The minimum absolute atomic E-state index is 0.110. The smallest absolute Gasteiger partial charge is 0.137 e. The normalized spacial score (nSPS) is 10.5. The van der Waals surface area contributed by atoms with Gasteiger partial charge in [-0.1, -0.05) is 15.9 Å². The summed E-state index contributed by atoms with van der Waals surface area (Å²) in [6, 6.07) is 9.81. The lowest BCUT2D eigenvalue weighted by Crippen LogP contribution is -1.93. The lowest BCUT2D eigenvalue weighted by Gasteiger charge is -2.02. The zero-order chi connectivity index (χ0) is 12.4. The van der Waals surface area contributed by atoms with Crippen molar-refractivity contribution in [1.29, 1.82) is 0 Å². The highest BCUT2D eigenvalue weighted by molar-refractivity contribution is 9.10. The molecule has 0 unspecified atom stereocenters. The molecule has 1 aromatic heterocycles. The molecule has 17 heavy (non-hydrogen) atoms. The van der Waals surface area contributed by atoms with E-state index in [1.165, 1.54) is 0 Å². The van der Waals surface area contributed by atoms with E-state index in [-0.39, 0.29) is 5.78 Å². The monoisotopic (exact) mass is 292 g/mol. The van der Waals surface area contributed by atoms with E-state index in [9.17, 15) is 4.79 Å². The lowest BCUT2D eigenvalue weighted by atomic mass is 10.1. The molecule has 0 N–H and O–H groups in total. The molecule has 3 heteroatoms. The maximum atomic E-state index is 11.0. The second kappa shape index (κ2) is 4.88. The average molecular weight is 293 g/mol. The Labute approximate surface area is 109 Å². The molecule has 0 fully saturated rings. The maximum absolute atomic E-state index is 11.0. The quantitative estimate of drug-likeness (QED) is 0.851. The standard InChI is InChI=1S/C14H13BrO2/c1-9-7-11(15)3-5-13(9)14-6-4-12(17-14)8-10(2)16/h3-7H,8H2,1-2H3. The Bertz CT molecular complexity index is 555. The highest BCUT2D eigenvalue weighted by Gasteiger charge is 2.08. The largest absolute Gasteiger partial charge is 0.461 e. The van der Waals surface area contributed by atoms with Crippen LogP contribution in [0, 0.1) is 6.92 Å². The van der Waals surface area contributed by atoms with Crippen molar-refractivity contribution in [2.75, 3.05) is 0 Å². The molecule has 0 radical (unpaired) electrons. The summed E-state index contributed by atoms with van der Waals surface area (Å²) in [5.41, 5.74) is 2.20. The number of ketones is 1. The topological polar surface area (TPSA) is 30.2 Å². The van der Waals surface area contributed by atoms with Gasteiger partial charge in [-0.05, 0) is 49.7 Å². The predicted octanol–water partition coefficient (Wildman–Crippen LogP) is 4.15. The summed E-state index contributed by atoms with van der Waals surface area (Å²) in [7, 11) is 0. The Balaban J connectivity index is 2.33. The molecule has 0 spiro atoms. The van der Waals surface area contributed by atoms with Crippen LogP contribution in [-0.4, -0.2) is 5.78 Å². The van der Waals surface area contributed by atoms with Crippen LogP contribution < -0.4 is 0 Å². The molecule has 0 aliphatic rings. The number of furan rings is 1. The molecule has 1 heterocycles. The van der Waals surface area contributed by atoms with Crippen LogP contribution in [0.4, 0.5) is 0 Å². The van der Waals surface area contributed by atoms with Gasteiger partial charge in [-0.25, -0.2) is 0 Å². The van der Waals surface area contributed by atoms with Crippen LogP contribution in [0.2, 0.25) is 0 Å². The molecule has 0 saturated heterocycles. The molecule has 0 aliphatic heterocycles. The summed E-state index contributed by atoms with van der Waals surface area (Å²) in [5, 5.41) is 0. The fourth-order valence-electron chi connectivity index (χ4n) is 1.77. The minimum Gasteiger partial charge on any atom is -0.461 e. The third-order valence-corrected chi connectivity index (χ3v) is 3.03. The Kier molecular flexibility index (Phi) is 3.48. The van der Waals surface area contributed by atoms with Gasteiger partial charge < -0.3 is 4.42 Å². The van der Waals surface area contributed by atoms with E-state index in [1.807, 2.05) is 37.3 Å². The van der Waals surface area contributed by atoms with E-state index in [2.05, 4.69) is 15.9 Å². The number of rotatable bonds is 3. The van der Waals surface area contributed by atoms with Gasteiger partial charge in [-0.2, -0.15) is 0 Å². The molecule has 0 saturated carbocycles. The van der Waals surface area contributed by atoms with E-state index < -0.39 is 0 Å². The third-order valence-electron chi connectivity index (χ3n) is 2.54. The van der Waals surface area contributed by atoms with Crippen molar-refractivity contribution >= 4 is 21.7 Å². The summed E-state index contributed by atoms with van der Waals surface area (Å²) in [4.78, 5) is 11.0. The first kappa shape index (κ1) is 12.1. The van der Waals surface area contributed by atoms with Crippen LogP contribution in [0.1, 0.15) is 18.2 Å². The Hall–Kier alpha value is -1.35. The van der Waals surface area contributed by atoms with Crippen LogP contribution in [0.25, 0.3) is 11.3 Å². The van der Waals surface area contributed by atoms with Crippen LogP contribution >= 0.6 is 15.9 Å². The number of Topliss-reactive ketones (excluding diaryl/α,β-unsaturated/α-hetero) is 1. The Morgan fingerprint density at radius 1 is 1.29 bits per heavy atom. The van der Waals surface area contributed by atoms with Crippen molar-refractivity contribution in [3.8, 4) is 11.3 Å². The molecular weight excluding hydrogens is 280 g/mol. The average Bonchev–Trinajstić information content (AvgIpc) is 2.65. The van der Waals surface area contributed by atoms with Gasteiger partial charge in [0.2, 0.25) is 0 Å². The van der Waals surface area contributed by atoms with E-state index in [0.717, 1.165) is 27.1 Å². The molecule has 2 rings (SSSR count). The van der Waals surface area contributed by atoms with Crippen molar-refractivity contribution in [2.45, 2.75) is 20.3 Å². The predicted molar refractivity (Wildman–Crippen MR) is 71.0 cm³/mol. The van der Waals surface area contributed by atoms with Gasteiger partial charge in [0.15, 0.2) is 0 Å². The zero-order valence-electron chi connectivity index (χ0n) is 9.79. The van der Waals surface area contributed by atoms with Crippen LogP contribution in [0.15, 0.2) is 39.2 Å². The third kappa shape index (κ3) is 2.86. The van der Waals surface area contributed by atoms with Crippen LogP contribution in [0.3, 0.4) is 0 Å². The lowest BCUT2D eigenvalue weighted by molar-refractivity contribution is -0.116. The van der Waals surface area contributed by atoms with Crippen molar-refractivity contribution in [3.05, 3.63) is 46.1 Å². The van der Waals surface area contributed by atoms with E-state index >= 15 is 0 Å². The van der Waals surface area contributed by atoms with Gasteiger partial charge in [0.05, 0.1) is 6.42 Å². The number of carbonyl (C=O) groups excluding carboxylic acids is 1. The molecule has 88 valence electrons. The fraction of sp³-hybridized carbons (Fsp3) is 0.214. The molecule has 0 bridgehead atoms. The summed E-state index contributed by atoms with van der Waals surface area (Å²) in [6.45, 7) is 3.60. The summed E-state index contributed by atoms with van der Waals surface area (Å²) in [5.74, 6) is 1.64. The molecule has 0 amide bonds. The first-order valence-electron chi connectivity index (χ1n) is 5.41. The second-order valence-electron chi connectivity index (χ2n) is 4.10. The number of benzene rings is 1. The SMILES string of the molecule is CC(=O)Cc1ccc(-c2ccc(Br)cc2C)o1. The minimum atomic E-state index is 0.110. The molecule has 2 aromatic rings. The van der Waals surface area contributed by atoms with Crippen LogP contribution in [0.5, 0.6) is 0 Å². The van der Waals surface area contributed by atoms with Gasteiger partial charge in [0, 0.05) is 10.0 Å². The van der Waals surface area contributed by atoms with Crippen molar-refractivity contribution < 1.29 is 9.21 Å². The zero-order valence-corrected chi connectivity index (χ0v) is 11.4. The van der Waals surface area contributed by atoms with Gasteiger partial charge in [0.25, 0.3) is 0 Å². The van der Waals surface area contributed by atoms with Gasteiger partial charge in [0.1, 0.15) is 17.3 Å². The summed E-state index contributed by atoms with van der Waals surface area (Å²) >= 11 is 3.43. The second-order valence-corrected chi connectivity index (χ2v) is 5.02. The van der Waals surface area contributed by atoms with E-state index in [4.69, 9.17) is 4.42 Å². The maximum Gasteiger partial charge on any atom is 0.137 e. The van der Waals surface area contributed by atoms with Crippen molar-refractivity contribution in [1.82, 2.24) is 0 Å². The first-order valence-corrected chi connectivity index (χ1v) is 6.20. The fourth-order valence-corrected chi connectivity index (χ4v) is 2.24. The van der Waals surface area contributed by atoms with E-state index in [1.54, 1.807) is 6.92 Å². The Morgan fingerprint density at radius 2 is 2.06 bits per heavy atom. The molecule has 2 nitrogen and oxygen atoms in total. The highest BCUT2D eigenvalue weighted by atomic mass is 79.9. The van der Waals surface area contributed by atoms with Crippen LogP contribution in [-0.2, 0) is 11.2 Å². The molecule has 0 aliphatic carbocycles. The van der Waals surface area contributed by atoms with Gasteiger partial charge >= 0.3 is 0 Å². The molecular formula is C14H13BrO2. The van der Waals surface area contributed by atoms with Gasteiger partial charge in [-0.15, -0.1) is 0 Å². The van der Waals surface area contributed by atoms with Crippen molar-refractivity contribution in [3.63, 3.8) is 0 Å². The van der Waals surface area contributed by atoms with Crippen molar-refractivity contribution in [2.24, 2.45) is 0 Å². The van der Waals surface area contributed by atoms with Gasteiger partial charge in [-0.3, -0.25) is 4.79 Å². The number of hydrogen-bond donors (Lipinski definition) is 0. The van der Waals surface area contributed by atoms with E-state index in [0.29, 0.717) is 6.42 Å². The Morgan fingerprint density at radius 3 is 2.71 bits per heavy atom. The number of hydrogen-bond acceptors (Lipinski definition) is 2. The molecule has 0 atom stereocenters. The number of carbonyl (C=O) groups is 1. The first-order chi connectivity index (χ1) is 8.06. The number of halogens is 1. The number of aryl methyl sites for hydroxylation is 1. The highest BCUT2D eigenvalue weighted by Crippen LogP contribution is 2.27. The summed E-state index contributed by atoms with van der Waals surface area (Å²) in [6.07, 6.45) is 0.357. The summed E-state index contributed by atoms with van der Waals surface area (Å²) < 4.78 is 6.72. The molecule has 1 aromatic carbocycles.